The Morgan fingerprint density at radius 3 is 2.53 bits per heavy atom. The van der Waals surface area contributed by atoms with E-state index in [0.29, 0.717) is 16.5 Å². The molecule has 0 aliphatic carbocycles. The number of carbonyl (C=O) groups excluding carboxylic acids is 2. The Morgan fingerprint density at radius 1 is 1.21 bits per heavy atom. The van der Waals surface area contributed by atoms with E-state index >= 15 is 0 Å². The van der Waals surface area contributed by atoms with Gasteiger partial charge in [0.1, 0.15) is 10.8 Å². The summed E-state index contributed by atoms with van der Waals surface area (Å²) >= 11 is 1.31. The number of hydrogen-bond acceptors (Lipinski definition) is 8. The van der Waals surface area contributed by atoms with Crippen molar-refractivity contribution in [3.63, 3.8) is 0 Å². The zero-order valence-corrected chi connectivity index (χ0v) is 22.8. The fourth-order valence-electron chi connectivity index (χ4n) is 5.13. The summed E-state index contributed by atoms with van der Waals surface area (Å²) in [5, 5.41) is 15.5. The largest absolute Gasteiger partial charge is 0.496 e. The maximum atomic E-state index is 14.4. The minimum atomic E-state index is -1.86. The number of carboxylic acids is 1. The molecule has 38 heavy (non-hydrogen) atoms. The highest BCUT2D eigenvalue weighted by Crippen LogP contribution is 2.53. The lowest BCUT2D eigenvalue weighted by atomic mass is 9.85. The topological polar surface area (TPSA) is 135 Å². The van der Waals surface area contributed by atoms with Crippen molar-refractivity contribution in [2.24, 2.45) is 0 Å². The molecule has 4 rings (SSSR count). The lowest BCUT2D eigenvalue weighted by Gasteiger charge is -2.37. The number of thiazole rings is 1. The maximum Gasteiger partial charge on any atom is 0.330 e. The summed E-state index contributed by atoms with van der Waals surface area (Å²) < 4.78 is 5.62. The zero-order chi connectivity index (χ0) is 27.7. The van der Waals surface area contributed by atoms with Gasteiger partial charge in [0, 0.05) is 48.7 Å². The van der Waals surface area contributed by atoms with Gasteiger partial charge in [0.2, 0.25) is 5.91 Å². The van der Waals surface area contributed by atoms with Gasteiger partial charge in [0.25, 0.3) is 5.91 Å². The summed E-state index contributed by atoms with van der Waals surface area (Å²) in [5.41, 5.74) is -0.428. The second kappa shape index (κ2) is 10.5. The molecule has 2 amide bonds. The van der Waals surface area contributed by atoms with Gasteiger partial charge in [-0.25, -0.2) is 9.78 Å². The summed E-state index contributed by atoms with van der Waals surface area (Å²) in [4.78, 5) is 54.5. The monoisotopic (exact) mass is 537 g/mol. The third-order valence-corrected chi connectivity index (χ3v) is 7.80. The minimum Gasteiger partial charge on any atom is -0.496 e. The van der Waals surface area contributed by atoms with Crippen LogP contribution in [-0.2, 0) is 15.0 Å². The first-order valence-corrected chi connectivity index (χ1v) is 13.0. The average molecular weight is 538 g/mol. The predicted octanol–water partition coefficient (Wildman–Crippen LogP) is 3.57. The van der Waals surface area contributed by atoms with Crippen molar-refractivity contribution in [1.82, 2.24) is 25.2 Å². The normalized spacial score (nSPS) is 21.2. The van der Waals surface area contributed by atoms with E-state index in [0.717, 1.165) is 5.56 Å². The Hall–Kier alpha value is -3.86. The summed E-state index contributed by atoms with van der Waals surface area (Å²) in [5.74, 6) is -2.35. The molecule has 1 aliphatic heterocycles. The van der Waals surface area contributed by atoms with Gasteiger partial charge < -0.3 is 20.1 Å². The molecule has 2 aromatic heterocycles. The zero-order valence-electron chi connectivity index (χ0n) is 22.0. The van der Waals surface area contributed by atoms with Gasteiger partial charge in [-0.2, -0.15) is 0 Å². The molecule has 1 fully saturated rings. The number of carbonyl (C=O) groups is 3. The molecule has 0 saturated carbocycles. The third kappa shape index (κ3) is 4.85. The highest BCUT2D eigenvalue weighted by molar-refractivity contribution is 7.09. The van der Waals surface area contributed by atoms with Gasteiger partial charge in [0.05, 0.1) is 25.3 Å². The number of carboxylic acid groups (broad SMARTS) is 1. The first-order valence-electron chi connectivity index (χ1n) is 12.1. The summed E-state index contributed by atoms with van der Waals surface area (Å²) in [7, 11) is 2.97. The number of benzene rings is 1. The molecular weight excluding hydrogens is 506 g/mol. The number of aromatic nitrogens is 3. The molecule has 1 aromatic carbocycles. The lowest BCUT2D eigenvalue weighted by molar-refractivity contribution is -0.151. The molecule has 2 N–H and O–H groups in total. The van der Waals surface area contributed by atoms with Crippen LogP contribution in [0, 0.1) is 0 Å². The Labute approximate surface area is 225 Å². The summed E-state index contributed by atoms with van der Waals surface area (Å²) in [6.45, 7) is 6.11. The molecule has 0 spiro atoms. The number of methoxy groups -OCH3 is 1. The molecule has 0 unspecified atom stereocenters. The van der Waals surface area contributed by atoms with Crippen LogP contribution in [0.15, 0.2) is 48.4 Å². The summed E-state index contributed by atoms with van der Waals surface area (Å²) in [6, 6.07) is 4.34. The van der Waals surface area contributed by atoms with Gasteiger partial charge in [0.15, 0.2) is 5.54 Å². The van der Waals surface area contributed by atoms with Crippen molar-refractivity contribution in [2.75, 3.05) is 14.2 Å². The molecule has 1 saturated heterocycles. The molecule has 10 nitrogen and oxygen atoms in total. The number of ether oxygens (including phenoxy) is 1. The van der Waals surface area contributed by atoms with Crippen LogP contribution < -0.4 is 10.1 Å². The first-order chi connectivity index (χ1) is 18.0. The van der Waals surface area contributed by atoms with Crippen LogP contribution in [-0.4, -0.2) is 62.4 Å². The van der Waals surface area contributed by atoms with Crippen molar-refractivity contribution in [3.8, 4) is 5.75 Å². The Bertz CT molecular complexity index is 1330. The number of nitrogens with one attached hydrogen (secondary N) is 1. The molecule has 1 aliphatic rings. The van der Waals surface area contributed by atoms with Crippen molar-refractivity contribution in [1.29, 1.82) is 0 Å². The van der Waals surface area contributed by atoms with Crippen LogP contribution in [0.25, 0.3) is 0 Å². The molecule has 3 heterocycles. The SMILES string of the molecule is CNC(=O)C[C@@]1(C(=O)O)C[C@H](c2cnccn2)[C@H](c2nccs2)N1C(=O)c1ccc(C(C)(C)C)c(OC)c1. The number of rotatable bonds is 7. The van der Waals surface area contributed by atoms with Crippen LogP contribution in [0.4, 0.5) is 0 Å². The van der Waals surface area contributed by atoms with Gasteiger partial charge >= 0.3 is 5.97 Å². The molecule has 0 radical (unpaired) electrons. The first kappa shape index (κ1) is 27.2. The Morgan fingerprint density at radius 2 is 1.97 bits per heavy atom. The smallest absolute Gasteiger partial charge is 0.330 e. The number of nitrogens with zero attached hydrogens (tertiary/aromatic N) is 4. The quantitative estimate of drug-likeness (QED) is 0.467. The van der Waals surface area contributed by atoms with E-state index in [9.17, 15) is 19.5 Å². The highest BCUT2D eigenvalue weighted by atomic mass is 32.1. The lowest BCUT2D eigenvalue weighted by Crippen LogP contribution is -2.55. The maximum absolute atomic E-state index is 14.4. The van der Waals surface area contributed by atoms with E-state index in [1.165, 1.54) is 42.8 Å². The average Bonchev–Trinajstić information content (AvgIpc) is 3.54. The second-order valence-corrected chi connectivity index (χ2v) is 11.2. The van der Waals surface area contributed by atoms with Crippen molar-refractivity contribution in [3.05, 3.63) is 70.2 Å². The van der Waals surface area contributed by atoms with Crippen molar-refractivity contribution < 1.29 is 24.2 Å². The van der Waals surface area contributed by atoms with E-state index in [1.54, 1.807) is 29.9 Å². The molecule has 200 valence electrons. The predicted molar refractivity (Wildman–Crippen MR) is 141 cm³/mol. The van der Waals surface area contributed by atoms with Crippen molar-refractivity contribution >= 4 is 29.1 Å². The fourth-order valence-corrected chi connectivity index (χ4v) is 5.92. The van der Waals surface area contributed by atoms with Crippen LogP contribution in [0.2, 0.25) is 0 Å². The standard InChI is InChI=1S/C27H31N5O5S/c1-26(2,3)18-7-6-16(12-20(18)37-5)24(34)32-22(23-31-10-11-38-23)17(19-15-29-8-9-30-19)13-27(32,25(35)36)14-21(33)28-4/h6-12,15,17,22H,13-14H2,1-5H3,(H,28,33)(H,35,36)/t17-,22-,27-/m1/s1. The number of likely N-dealkylation sites (tertiary alicyclic amines) is 1. The van der Waals surface area contributed by atoms with E-state index in [-0.39, 0.29) is 17.4 Å². The Balaban J connectivity index is 1.94. The van der Waals surface area contributed by atoms with E-state index in [1.807, 2.05) is 26.8 Å². The summed E-state index contributed by atoms with van der Waals surface area (Å²) in [6.07, 6.45) is 5.75. The molecule has 3 atom stereocenters. The third-order valence-electron chi connectivity index (χ3n) is 6.95. The van der Waals surface area contributed by atoms with Crippen LogP contribution in [0.5, 0.6) is 5.75 Å². The van der Waals surface area contributed by atoms with E-state index < -0.39 is 41.7 Å². The molecule has 0 bridgehead atoms. The number of aliphatic carboxylic acids is 1. The van der Waals surface area contributed by atoms with E-state index in [2.05, 4.69) is 20.3 Å². The molecular formula is C27H31N5O5S. The van der Waals surface area contributed by atoms with Gasteiger partial charge in [-0.15, -0.1) is 11.3 Å². The van der Waals surface area contributed by atoms with Gasteiger partial charge in [-0.1, -0.05) is 26.8 Å². The fraction of sp³-hybridized carbons (Fsp3) is 0.407. The van der Waals surface area contributed by atoms with Crippen LogP contribution in [0.1, 0.15) is 72.2 Å². The molecule has 3 aromatic rings. The second-order valence-electron chi connectivity index (χ2n) is 10.3. The van der Waals surface area contributed by atoms with Gasteiger partial charge in [-0.05, 0) is 29.5 Å². The van der Waals surface area contributed by atoms with E-state index in [4.69, 9.17) is 4.74 Å². The number of hydrogen-bond donors (Lipinski definition) is 2. The highest BCUT2D eigenvalue weighted by Gasteiger charge is 2.61. The Kier molecular flexibility index (Phi) is 7.50. The molecule has 11 heteroatoms. The van der Waals surface area contributed by atoms with Crippen LogP contribution >= 0.6 is 11.3 Å². The van der Waals surface area contributed by atoms with Crippen LogP contribution in [0.3, 0.4) is 0 Å². The van der Waals surface area contributed by atoms with Crippen molar-refractivity contribution in [2.45, 2.75) is 56.5 Å². The minimum absolute atomic E-state index is 0.0400. The van der Waals surface area contributed by atoms with Gasteiger partial charge in [-0.3, -0.25) is 19.6 Å². The number of amides is 2.